The second kappa shape index (κ2) is 6.54. The van der Waals surface area contributed by atoms with E-state index in [-0.39, 0.29) is 11.6 Å². The number of amides is 1. The predicted molar refractivity (Wildman–Crippen MR) is 68.2 cm³/mol. The quantitative estimate of drug-likeness (QED) is 0.804. The highest BCUT2D eigenvalue weighted by molar-refractivity contribution is 5.97. The Morgan fingerprint density at radius 1 is 1.50 bits per heavy atom. The number of nitrogens with zero attached hydrogens (tertiary/aromatic N) is 2. The molecule has 1 rings (SSSR count). The van der Waals surface area contributed by atoms with E-state index in [1.54, 1.807) is 24.1 Å². The van der Waals surface area contributed by atoms with Crippen LogP contribution in [0.2, 0.25) is 0 Å². The lowest BCUT2D eigenvalue weighted by atomic mass is 10.1. The largest absolute Gasteiger partial charge is 0.478 e. The van der Waals surface area contributed by atoms with Crippen molar-refractivity contribution in [2.24, 2.45) is 0 Å². The summed E-state index contributed by atoms with van der Waals surface area (Å²) >= 11 is 0. The van der Waals surface area contributed by atoms with Crippen molar-refractivity contribution in [3.63, 3.8) is 0 Å². The Labute approximate surface area is 106 Å². The summed E-state index contributed by atoms with van der Waals surface area (Å²) < 4.78 is 0. The van der Waals surface area contributed by atoms with Crippen LogP contribution in [0.1, 0.15) is 29.4 Å². The summed E-state index contributed by atoms with van der Waals surface area (Å²) in [6, 6.07) is 3.33. The minimum atomic E-state index is -1.06. The number of hydrogen-bond acceptors (Lipinski definition) is 3. The molecule has 0 bridgehead atoms. The lowest BCUT2D eigenvalue weighted by Crippen LogP contribution is -2.28. The number of aliphatic carboxylic acids is 1. The number of hydrogen-bond donors (Lipinski definition) is 1. The number of pyridine rings is 1. The Bertz CT molecular complexity index is 469. The lowest BCUT2D eigenvalue weighted by molar-refractivity contribution is -0.131. The Morgan fingerprint density at radius 3 is 2.83 bits per heavy atom. The van der Waals surface area contributed by atoms with Gasteiger partial charge in [-0.3, -0.25) is 9.78 Å². The fraction of sp³-hybridized carbons (Fsp3) is 0.308. The van der Waals surface area contributed by atoms with E-state index in [2.05, 4.69) is 4.98 Å². The normalized spacial score (nSPS) is 10.6. The number of carbonyl (C=O) groups excluding carboxylic acids is 1. The van der Waals surface area contributed by atoms with Gasteiger partial charge in [0.1, 0.15) is 5.69 Å². The zero-order valence-electron chi connectivity index (χ0n) is 10.5. The van der Waals surface area contributed by atoms with E-state index >= 15 is 0 Å². The lowest BCUT2D eigenvalue weighted by Gasteiger charge is -2.16. The third-order valence-electron chi connectivity index (χ3n) is 2.35. The van der Waals surface area contributed by atoms with Crippen LogP contribution in [0, 0.1) is 0 Å². The van der Waals surface area contributed by atoms with Gasteiger partial charge in [0.15, 0.2) is 0 Å². The second-order valence-corrected chi connectivity index (χ2v) is 3.84. The van der Waals surface area contributed by atoms with Gasteiger partial charge in [0.05, 0.1) is 0 Å². The molecule has 96 valence electrons. The smallest absolute Gasteiger partial charge is 0.328 e. The first-order valence-corrected chi connectivity index (χ1v) is 5.67. The van der Waals surface area contributed by atoms with Crippen molar-refractivity contribution in [1.82, 2.24) is 9.88 Å². The maximum Gasteiger partial charge on any atom is 0.328 e. The van der Waals surface area contributed by atoms with Crippen molar-refractivity contribution in [3.05, 3.63) is 35.7 Å². The van der Waals surface area contributed by atoms with Gasteiger partial charge in [0.2, 0.25) is 0 Å². The molecule has 1 N–H and O–H groups in total. The van der Waals surface area contributed by atoms with Crippen LogP contribution in [-0.2, 0) is 4.79 Å². The molecule has 1 aromatic heterocycles. The minimum absolute atomic E-state index is 0.206. The third-order valence-corrected chi connectivity index (χ3v) is 2.35. The zero-order chi connectivity index (χ0) is 13.5. The predicted octanol–water partition coefficient (Wildman–Crippen LogP) is 1.66. The van der Waals surface area contributed by atoms with Crippen LogP contribution < -0.4 is 0 Å². The molecule has 0 saturated heterocycles. The summed E-state index contributed by atoms with van der Waals surface area (Å²) in [5, 5.41) is 8.60. The topological polar surface area (TPSA) is 70.5 Å². The molecule has 0 aliphatic heterocycles. The average molecular weight is 248 g/mol. The van der Waals surface area contributed by atoms with E-state index in [1.165, 1.54) is 12.3 Å². The molecule has 1 aromatic rings. The molecule has 0 aromatic carbocycles. The number of carboxylic acid groups (broad SMARTS) is 1. The first-order chi connectivity index (χ1) is 8.56. The van der Waals surface area contributed by atoms with E-state index in [0.29, 0.717) is 12.1 Å². The summed E-state index contributed by atoms with van der Waals surface area (Å²) in [4.78, 5) is 28.2. The molecular weight excluding hydrogens is 232 g/mol. The summed E-state index contributed by atoms with van der Waals surface area (Å²) in [6.07, 6.45) is 4.75. The van der Waals surface area contributed by atoms with Crippen molar-refractivity contribution >= 4 is 18.0 Å². The van der Waals surface area contributed by atoms with Crippen molar-refractivity contribution in [3.8, 4) is 0 Å². The molecular formula is C13H16N2O3. The van der Waals surface area contributed by atoms with Crippen LogP contribution in [0.3, 0.4) is 0 Å². The number of aromatic nitrogens is 1. The molecule has 0 fully saturated rings. The van der Waals surface area contributed by atoms with Gasteiger partial charge >= 0.3 is 5.97 Å². The molecule has 5 heteroatoms. The molecule has 0 aliphatic carbocycles. The van der Waals surface area contributed by atoms with Crippen molar-refractivity contribution < 1.29 is 14.7 Å². The van der Waals surface area contributed by atoms with Gasteiger partial charge in [-0.2, -0.15) is 0 Å². The summed E-state index contributed by atoms with van der Waals surface area (Å²) in [5.41, 5.74) is 0.777. The second-order valence-electron chi connectivity index (χ2n) is 3.84. The van der Waals surface area contributed by atoms with Gasteiger partial charge in [0, 0.05) is 31.4 Å². The number of carbonyl (C=O) groups is 2. The van der Waals surface area contributed by atoms with Crippen LogP contribution in [0.25, 0.3) is 6.08 Å². The van der Waals surface area contributed by atoms with Crippen LogP contribution in [0.5, 0.6) is 0 Å². The minimum Gasteiger partial charge on any atom is -0.478 e. The van der Waals surface area contributed by atoms with E-state index in [0.717, 1.165) is 12.5 Å². The van der Waals surface area contributed by atoms with Gasteiger partial charge < -0.3 is 10.0 Å². The fourth-order valence-corrected chi connectivity index (χ4v) is 1.51. The highest BCUT2D eigenvalue weighted by Gasteiger charge is 2.15. The molecule has 0 saturated carbocycles. The molecule has 0 spiro atoms. The molecule has 18 heavy (non-hydrogen) atoms. The highest BCUT2D eigenvalue weighted by atomic mass is 16.4. The Hall–Kier alpha value is -2.17. The zero-order valence-corrected chi connectivity index (χ0v) is 10.5. The van der Waals surface area contributed by atoms with Gasteiger partial charge in [-0.1, -0.05) is 13.0 Å². The van der Waals surface area contributed by atoms with Gasteiger partial charge in [-0.15, -0.1) is 0 Å². The fourth-order valence-electron chi connectivity index (χ4n) is 1.51. The molecule has 0 radical (unpaired) electrons. The highest BCUT2D eigenvalue weighted by Crippen LogP contribution is 2.10. The van der Waals surface area contributed by atoms with Gasteiger partial charge in [-0.25, -0.2) is 4.79 Å². The van der Waals surface area contributed by atoms with Crippen molar-refractivity contribution in [2.75, 3.05) is 13.6 Å². The maximum atomic E-state index is 12.1. The van der Waals surface area contributed by atoms with E-state index in [9.17, 15) is 9.59 Å². The third kappa shape index (κ3) is 3.69. The first-order valence-electron chi connectivity index (χ1n) is 5.67. The van der Waals surface area contributed by atoms with E-state index < -0.39 is 5.97 Å². The molecule has 1 amide bonds. The Morgan fingerprint density at radius 2 is 2.22 bits per heavy atom. The molecule has 5 nitrogen and oxygen atoms in total. The van der Waals surface area contributed by atoms with Crippen LogP contribution in [0.15, 0.2) is 24.4 Å². The molecule has 0 unspecified atom stereocenters. The molecule has 1 heterocycles. The Kier molecular flexibility index (Phi) is 5.05. The van der Waals surface area contributed by atoms with Crippen LogP contribution in [0.4, 0.5) is 0 Å². The summed E-state index contributed by atoms with van der Waals surface area (Å²) in [7, 11) is 1.70. The summed E-state index contributed by atoms with van der Waals surface area (Å²) in [6.45, 7) is 2.62. The molecule has 0 aliphatic rings. The standard InChI is InChI=1S/C13H16N2O3/c1-3-9-15(2)13(18)12-10(5-4-8-14-12)6-7-11(16)17/h4-8H,3,9H2,1-2H3,(H,16,17)/b7-6+. The maximum absolute atomic E-state index is 12.1. The van der Waals surface area contributed by atoms with E-state index in [1.807, 2.05) is 6.92 Å². The monoisotopic (exact) mass is 248 g/mol. The van der Waals surface area contributed by atoms with Crippen molar-refractivity contribution in [2.45, 2.75) is 13.3 Å². The van der Waals surface area contributed by atoms with Crippen LogP contribution in [-0.4, -0.2) is 40.5 Å². The van der Waals surface area contributed by atoms with E-state index in [4.69, 9.17) is 5.11 Å². The van der Waals surface area contributed by atoms with Gasteiger partial charge in [0.25, 0.3) is 5.91 Å². The SMILES string of the molecule is CCCN(C)C(=O)c1ncccc1/C=C/C(=O)O. The first kappa shape index (κ1) is 13.9. The average Bonchev–Trinajstić information content (AvgIpc) is 2.36. The number of rotatable bonds is 5. The van der Waals surface area contributed by atoms with Gasteiger partial charge in [-0.05, 0) is 18.6 Å². The Balaban J connectivity index is 3.01. The number of carboxylic acids is 1. The summed E-state index contributed by atoms with van der Waals surface area (Å²) in [5.74, 6) is -1.26. The van der Waals surface area contributed by atoms with Crippen molar-refractivity contribution in [1.29, 1.82) is 0 Å². The molecule has 0 atom stereocenters. The van der Waals surface area contributed by atoms with Crippen LogP contribution >= 0.6 is 0 Å².